The molecule has 94 valence electrons. The van der Waals surface area contributed by atoms with Gasteiger partial charge in [0, 0.05) is 22.3 Å². The van der Waals surface area contributed by atoms with Crippen LogP contribution in [0.1, 0.15) is 19.0 Å². The molecule has 0 unspecified atom stereocenters. The quantitative estimate of drug-likeness (QED) is 0.926. The molecule has 0 fully saturated rings. The Labute approximate surface area is 116 Å². The van der Waals surface area contributed by atoms with Crippen LogP contribution in [0, 0.1) is 6.92 Å². The molecule has 0 saturated heterocycles. The molecule has 0 radical (unpaired) electrons. The molecule has 2 aromatic rings. The fourth-order valence-electron chi connectivity index (χ4n) is 1.69. The molecule has 0 aliphatic carbocycles. The summed E-state index contributed by atoms with van der Waals surface area (Å²) in [4.78, 5) is 8.94. The van der Waals surface area contributed by atoms with E-state index in [2.05, 4.69) is 44.2 Å². The van der Waals surface area contributed by atoms with E-state index in [1.807, 2.05) is 31.2 Å². The summed E-state index contributed by atoms with van der Waals surface area (Å²) >= 11 is 3.55. The number of benzene rings is 1. The Hall–Kier alpha value is -1.42. The molecular weight excluding hydrogens is 290 g/mol. The van der Waals surface area contributed by atoms with Crippen molar-refractivity contribution in [3.05, 3.63) is 40.5 Å². The van der Waals surface area contributed by atoms with E-state index in [0.29, 0.717) is 5.95 Å². The van der Waals surface area contributed by atoms with E-state index in [1.54, 1.807) is 0 Å². The van der Waals surface area contributed by atoms with Gasteiger partial charge in [0.15, 0.2) is 0 Å². The zero-order valence-electron chi connectivity index (χ0n) is 10.6. The van der Waals surface area contributed by atoms with Gasteiger partial charge in [-0.15, -0.1) is 0 Å². The third kappa shape index (κ3) is 3.07. The summed E-state index contributed by atoms with van der Waals surface area (Å²) in [6.45, 7) is 5.00. The highest BCUT2D eigenvalue weighted by Gasteiger charge is 2.07. The summed E-state index contributed by atoms with van der Waals surface area (Å²) in [5.74, 6) is 0.697. The van der Waals surface area contributed by atoms with Crippen molar-refractivity contribution in [1.82, 2.24) is 9.97 Å². The first-order chi connectivity index (χ1) is 8.70. The topological polar surface area (TPSA) is 37.8 Å². The number of nitrogens with one attached hydrogen (secondary N) is 1. The Kier molecular flexibility index (Phi) is 4.31. The summed E-state index contributed by atoms with van der Waals surface area (Å²) in [5.41, 5.74) is 2.99. The number of hydrogen-bond acceptors (Lipinski definition) is 3. The highest BCUT2D eigenvalue weighted by Crippen LogP contribution is 2.27. The lowest BCUT2D eigenvalue weighted by atomic mass is 10.1. The summed E-state index contributed by atoms with van der Waals surface area (Å²) in [6.07, 6.45) is 1.06. The van der Waals surface area contributed by atoms with Gasteiger partial charge in [-0.25, -0.2) is 9.97 Å². The van der Waals surface area contributed by atoms with Crippen molar-refractivity contribution in [1.29, 1.82) is 0 Å². The predicted octanol–water partition coefficient (Wildman–Crippen LogP) is 4.04. The number of hydrogen-bond donors (Lipinski definition) is 1. The molecule has 4 heteroatoms. The second-order valence-electron chi connectivity index (χ2n) is 4.12. The Balaban J connectivity index is 2.39. The fraction of sp³-hybridized carbons (Fsp3) is 0.286. The second-order valence-corrected chi connectivity index (χ2v) is 4.98. The SMILES string of the molecule is CCCNc1nc(C)cc(-c2ccccc2Br)n1. The van der Waals surface area contributed by atoms with Gasteiger partial charge < -0.3 is 5.32 Å². The first-order valence-corrected chi connectivity index (χ1v) is 6.84. The number of anilines is 1. The molecular formula is C14H16BrN3. The molecule has 0 saturated carbocycles. The van der Waals surface area contributed by atoms with Crippen LogP contribution >= 0.6 is 15.9 Å². The average Bonchev–Trinajstić information content (AvgIpc) is 2.36. The molecule has 18 heavy (non-hydrogen) atoms. The maximum atomic E-state index is 4.55. The van der Waals surface area contributed by atoms with Crippen molar-refractivity contribution in [3.63, 3.8) is 0 Å². The first-order valence-electron chi connectivity index (χ1n) is 6.05. The molecule has 1 N–H and O–H groups in total. The number of aromatic nitrogens is 2. The fourth-order valence-corrected chi connectivity index (χ4v) is 2.18. The van der Waals surface area contributed by atoms with Crippen LogP contribution in [-0.2, 0) is 0 Å². The molecule has 0 aliphatic rings. The monoisotopic (exact) mass is 305 g/mol. The predicted molar refractivity (Wildman–Crippen MR) is 78.7 cm³/mol. The Morgan fingerprint density at radius 1 is 1.22 bits per heavy atom. The molecule has 0 aliphatic heterocycles. The van der Waals surface area contributed by atoms with Gasteiger partial charge in [0.05, 0.1) is 5.69 Å². The lowest BCUT2D eigenvalue weighted by molar-refractivity contribution is 0.947. The molecule has 1 aromatic heterocycles. The van der Waals surface area contributed by atoms with E-state index < -0.39 is 0 Å². The Bertz CT molecular complexity index is 540. The smallest absolute Gasteiger partial charge is 0.223 e. The second kappa shape index (κ2) is 5.96. The third-order valence-electron chi connectivity index (χ3n) is 2.54. The maximum Gasteiger partial charge on any atom is 0.223 e. The number of halogens is 1. The summed E-state index contributed by atoms with van der Waals surface area (Å²) in [6, 6.07) is 10.1. The van der Waals surface area contributed by atoms with Crippen molar-refractivity contribution in [2.24, 2.45) is 0 Å². The van der Waals surface area contributed by atoms with E-state index in [-0.39, 0.29) is 0 Å². The van der Waals surface area contributed by atoms with E-state index >= 15 is 0 Å². The number of nitrogens with zero attached hydrogens (tertiary/aromatic N) is 2. The first kappa shape index (κ1) is 13.0. The van der Waals surface area contributed by atoms with Crippen LogP contribution in [0.15, 0.2) is 34.8 Å². The zero-order chi connectivity index (χ0) is 13.0. The van der Waals surface area contributed by atoms with Crippen molar-refractivity contribution in [3.8, 4) is 11.3 Å². The minimum atomic E-state index is 0.697. The number of aryl methyl sites for hydroxylation is 1. The Morgan fingerprint density at radius 2 is 2.00 bits per heavy atom. The van der Waals surface area contributed by atoms with E-state index in [1.165, 1.54) is 0 Å². The normalized spacial score (nSPS) is 10.4. The molecule has 3 nitrogen and oxygen atoms in total. The van der Waals surface area contributed by atoms with E-state index in [9.17, 15) is 0 Å². The number of rotatable bonds is 4. The minimum absolute atomic E-state index is 0.697. The van der Waals surface area contributed by atoms with Gasteiger partial charge in [-0.05, 0) is 25.5 Å². The van der Waals surface area contributed by atoms with Crippen LogP contribution in [0.3, 0.4) is 0 Å². The lowest BCUT2D eigenvalue weighted by Gasteiger charge is -2.08. The van der Waals surface area contributed by atoms with Gasteiger partial charge in [-0.2, -0.15) is 0 Å². The molecule has 0 spiro atoms. The van der Waals surface area contributed by atoms with Crippen LogP contribution < -0.4 is 5.32 Å². The van der Waals surface area contributed by atoms with Gasteiger partial charge in [-0.3, -0.25) is 0 Å². The molecule has 1 heterocycles. The zero-order valence-corrected chi connectivity index (χ0v) is 12.2. The highest BCUT2D eigenvalue weighted by atomic mass is 79.9. The lowest BCUT2D eigenvalue weighted by Crippen LogP contribution is -2.05. The highest BCUT2D eigenvalue weighted by molar-refractivity contribution is 9.10. The van der Waals surface area contributed by atoms with E-state index in [0.717, 1.165) is 34.4 Å². The van der Waals surface area contributed by atoms with Crippen molar-refractivity contribution in [2.75, 3.05) is 11.9 Å². The van der Waals surface area contributed by atoms with Gasteiger partial charge in [-0.1, -0.05) is 41.1 Å². The minimum Gasteiger partial charge on any atom is -0.354 e. The van der Waals surface area contributed by atoms with Crippen LogP contribution in [0.2, 0.25) is 0 Å². The summed E-state index contributed by atoms with van der Waals surface area (Å²) in [5, 5.41) is 3.23. The van der Waals surface area contributed by atoms with Crippen LogP contribution in [0.25, 0.3) is 11.3 Å². The third-order valence-corrected chi connectivity index (χ3v) is 3.23. The van der Waals surface area contributed by atoms with Gasteiger partial charge in [0.25, 0.3) is 0 Å². The van der Waals surface area contributed by atoms with Gasteiger partial charge in [0.1, 0.15) is 0 Å². The summed E-state index contributed by atoms with van der Waals surface area (Å²) < 4.78 is 1.05. The van der Waals surface area contributed by atoms with Crippen molar-refractivity contribution in [2.45, 2.75) is 20.3 Å². The van der Waals surface area contributed by atoms with Gasteiger partial charge in [0.2, 0.25) is 5.95 Å². The standard InChI is InChI=1S/C14H16BrN3/c1-3-8-16-14-17-10(2)9-13(18-14)11-6-4-5-7-12(11)15/h4-7,9H,3,8H2,1-2H3,(H,16,17,18). The molecule has 1 aromatic carbocycles. The van der Waals surface area contributed by atoms with Crippen molar-refractivity contribution < 1.29 is 0 Å². The largest absolute Gasteiger partial charge is 0.354 e. The Morgan fingerprint density at radius 3 is 2.72 bits per heavy atom. The van der Waals surface area contributed by atoms with E-state index in [4.69, 9.17) is 0 Å². The van der Waals surface area contributed by atoms with Gasteiger partial charge >= 0.3 is 0 Å². The van der Waals surface area contributed by atoms with Crippen LogP contribution in [-0.4, -0.2) is 16.5 Å². The summed E-state index contributed by atoms with van der Waals surface area (Å²) in [7, 11) is 0. The maximum absolute atomic E-state index is 4.55. The van der Waals surface area contributed by atoms with Crippen LogP contribution in [0.5, 0.6) is 0 Å². The molecule has 0 bridgehead atoms. The molecule has 0 amide bonds. The molecule has 2 rings (SSSR count). The molecule has 0 atom stereocenters. The van der Waals surface area contributed by atoms with Crippen molar-refractivity contribution >= 4 is 21.9 Å². The van der Waals surface area contributed by atoms with Crippen LogP contribution in [0.4, 0.5) is 5.95 Å². The average molecular weight is 306 g/mol.